The van der Waals surface area contributed by atoms with Gasteiger partial charge in [0.15, 0.2) is 5.65 Å². The number of aromatic amines is 1. The van der Waals surface area contributed by atoms with Crippen LogP contribution < -0.4 is 11.1 Å². The fraction of sp³-hybridized carbons (Fsp3) is 0.448. The van der Waals surface area contributed by atoms with Gasteiger partial charge in [-0.1, -0.05) is 24.4 Å². The number of hydrogen-bond acceptors (Lipinski definition) is 7. The van der Waals surface area contributed by atoms with E-state index in [4.69, 9.17) is 27.6 Å². The van der Waals surface area contributed by atoms with E-state index < -0.39 is 0 Å². The number of nitriles is 2. The summed E-state index contributed by atoms with van der Waals surface area (Å²) in [6.45, 7) is 0. The highest BCUT2D eigenvalue weighted by atomic mass is 35.5. The minimum atomic E-state index is -0.209. The molecule has 0 bridgehead atoms. The molecule has 1 amide bonds. The Morgan fingerprint density at radius 3 is 2.62 bits per heavy atom. The first kappa shape index (κ1) is 27.6. The molecular weight excluding hydrogens is 526 g/mol. The summed E-state index contributed by atoms with van der Waals surface area (Å²) < 4.78 is 1.75. The highest BCUT2D eigenvalue weighted by molar-refractivity contribution is 6.31. The number of nitrogens with two attached hydrogens (primary N) is 1. The maximum Gasteiger partial charge on any atom is 0.255 e. The number of hydrogen-bond donors (Lipinski definition) is 3. The van der Waals surface area contributed by atoms with E-state index in [9.17, 15) is 10.1 Å². The topological polar surface area (TPSA) is 162 Å². The molecule has 11 heteroatoms. The molecule has 6 rings (SSSR count). The monoisotopic (exact) mass is 557 g/mol. The van der Waals surface area contributed by atoms with Gasteiger partial charge in [-0.25, -0.2) is 9.97 Å². The molecule has 0 saturated heterocycles. The van der Waals surface area contributed by atoms with Crippen LogP contribution in [0, 0.1) is 34.5 Å². The minimum absolute atomic E-state index is 0.000599. The van der Waals surface area contributed by atoms with Crippen LogP contribution in [-0.4, -0.2) is 42.7 Å². The van der Waals surface area contributed by atoms with Gasteiger partial charge in [-0.15, -0.1) is 0 Å². The predicted molar refractivity (Wildman–Crippen MR) is 153 cm³/mol. The molecule has 0 unspecified atom stereocenters. The molecule has 2 saturated carbocycles. The van der Waals surface area contributed by atoms with E-state index in [0.717, 1.165) is 55.8 Å². The molecule has 4 aromatic rings. The molecule has 0 spiro atoms. The third kappa shape index (κ3) is 5.94. The zero-order chi connectivity index (χ0) is 28.2. The van der Waals surface area contributed by atoms with Crippen molar-refractivity contribution in [2.24, 2.45) is 24.6 Å². The fourth-order valence-electron chi connectivity index (χ4n) is 5.64. The molecule has 1 aromatic carbocycles. The smallest absolute Gasteiger partial charge is 0.255 e. The Morgan fingerprint density at radius 1 is 1.15 bits per heavy atom. The van der Waals surface area contributed by atoms with Crippen molar-refractivity contribution in [3.8, 4) is 23.5 Å². The number of nitrogens with one attached hydrogen (secondary N) is 2. The molecule has 2 aliphatic carbocycles. The maximum atomic E-state index is 13.0. The van der Waals surface area contributed by atoms with Crippen molar-refractivity contribution >= 4 is 39.6 Å². The molecule has 40 heavy (non-hydrogen) atoms. The van der Waals surface area contributed by atoms with Crippen molar-refractivity contribution in [2.45, 2.75) is 63.5 Å². The van der Waals surface area contributed by atoms with Crippen LogP contribution in [0.2, 0.25) is 5.02 Å². The number of aryl methyl sites for hydroxylation is 1. The molecule has 10 nitrogen and oxygen atoms in total. The van der Waals surface area contributed by atoms with Crippen LogP contribution >= 0.6 is 11.6 Å². The second kappa shape index (κ2) is 12.0. The Bertz CT molecular complexity index is 1610. The Hall–Kier alpha value is -3.99. The summed E-state index contributed by atoms with van der Waals surface area (Å²) in [7, 11) is 1.85. The zero-order valence-electron chi connectivity index (χ0n) is 22.4. The lowest BCUT2D eigenvalue weighted by Crippen LogP contribution is -2.38. The first-order chi connectivity index (χ1) is 19.4. The molecule has 206 valence electrons. The van der Waals surface area contributed by atoms with E-state index in [1.807, 2.05) is 25.2 Å². The number of fused-ring (bicyclic) bond motifs is 2. The third-order valence-electron chi connectivity index (χ3n) is 7.77. The summed E-state index contributed by atoms with van der Waals surface area (Å²) >= 11 is 6.13. The van der Waals surface area contributed by atoms with Gasteiger partial charge in [0.05, 0.1) is 29.4 Å². The normalized spacial score (nSPS) is 22.6. The van der Waals surface area contributed by atoms with Crippen LogP contribution in [0.5, 0.6) is 0 Å². The largest absolute Gasteiger partial charge is 0.349 e. The lowest BCUT2D eigenvalue weighted by atomic mass is 9.86. The summed E-state index contributed by atoms with van der Waals surface area (Å²) in [4.78, 5) is 25.2. The lowest BCUT2D eigenvalue weighted by molar-refractivity contribution is 0.0925. The lowest BCUT2D eigenvalue weighted by Gasteiger charge is -2.25. The molecule has 3 aromatic heterocycles. The SMILES string of the molecule is Cn1nc(-c2cnc3[nH]cc(C(=O)N[C@@H]4CCC[C@H](C#N)C4)c3n2)c2ccc(Cl)cc21.N#C[C@H]1CCC[C@@H](N)C1. The van der Waals surface area contributed by atoms with Crippen molar-refractivity contribution in [1.82, 2.24) is 30.0 Å². The Kier molecular flexibility index (Phi) is 8.29. The quantitative estimate of drug-likeness (QED) is 0.319. The Balaban J connectivity index is 0.000000306. The molecular formula is C29H32ClN9O. The van der Waals surface area contributed by atoms with Crippen LogP contribution in [0.15, 0.2) is 30.6 Å². The predicted octanol–water partition coefficient (Wildman–Crippen LogP) is 5.00. The van der Waals surface area contributed by atoms with Crippen LogP contribution in [0.4, 0.5) is 0 Å². The molecule has 2 fully saturated rings. The summed E-state index contributed by atoms with van der Waals surface area (Å²) in [5.41, 5.74) is 9.27. The summed E-state index contributed by atoms with van der Waals surface area (Å²) in [6, 6.07) is 10.4. The number of amides is 1. The maximum absolute atomic E-state index is 13.0. The second-order valence-electron chi connectivity index (χ2n) is 10.7. The molecule has 3 heterocycles. The highest BCUT2D eigenvalue weighted by Crippen LogP contribution is 2.30. The number of aromatic nitrogens is 5. The van der Waals surface area contributed by atoms with Crippen LogP contribution in [0.1, 0.15) is 61.7 Å². The fourth-order valence-corrected chi connectivity index (χ4v) is 5.81. The molecule has 4 atom stereocenters. The van der Waals surface area contributed by atoms with Gasteiger partial charge in [-0.3, -0.25) is 9.48 Å². The van der Waals surface area contributed by atoms with Gasteiger partial charge in [-0.05, 0) is 56.7 Å². The number of carbonyl (C=O) groups is 1. The van der Waals surface area contributed by atoms with E-state index in [1.165, 1.54) is 0 Å². The molecule has 4 N–H and O–H groups in total. The summed E-state index contributed by atoms with van der Waals surface area (Å²) in [5.74, 6) is 0.0343. The molecule has 0 aliphatic heterocycles. The van der Waals surface area contributed by atoms with Crippen LogP contribution in [0.25, 0.3) is 33.5 Å². The third-order valence-corrected chi connectivity index (χ3v) is 8.01. The number of carbonyl (C=O) groups excluding carboxylic acids is 1. The number of nitrogens with zero attached hydrogens (tertiary/aromatic N) is 6. The van der Waals surface area contributed by atoms with Gasteiger partial charge in [0.1, 0.15) is 16.9 Å². The van der Waals surface area contributed by atoms with Gasteiger partial charge in [0.2, 0.25) is 0 Å². The number of rotatable bonds is 3. The molecule has 2 aliphatic rings. The Morgan fingerprint density at radius 2 is 1.90 bits per heavy atom. The van der Waals surface area contributed by atoms with Crippen molar-refractivity contribution in [2.75, 3.05) is 0 Å². The second-order valence-corrected chi connectivity index (χ2v) is 11.1. The van der Waals surface area contributed by atoms with E-state index in [-0.39, 0.29) is 23.8 Å². The average molecular weight is 558 g/mol. The van der Waals surface area contributed by atoms with Gasteiger partial charge in [0.25, 0.3) is 5.91 Å². The number of benzene rings is 1. The Labute approximate surface area is 237 Å². The number of H-pyrrole nitrogens is 1. The minimum Gasteiger partial charge on any atom is -0.349 e. The van der Waals surface area contributed by atoms with E-state index in [1.54, 1.807) is 17.1 Å². The van der Waals surface area contributed by atoms with Crippen LogP contribution in [-0.2, 0) is 7.05 Å². The van der Waals surface area contributed by atoms with E-state index in [2.05, 4.69) is 32.5 Å². The van der Waals surface area contributed by atoms with Gasteiger partial charge in [0, 0.05) is 47.6 Å². The van der Waals surface area contributed by atoms with Crippen molar-refractivity contribution < 1.29 is 4.79 Å². The summed E-state index contributed by atoms with van der Waals surface area (Å²) in [5, 5.41) is 26.9. The van der Waals surface area contributed by atoms with E-state index in [0.29, 0.717) is 45.6 Å². The summed E-state index contributed by atoms with van der Waals surface area (Å²) in [6.07, 6.45) is 10.9. The highest BCUT2D eigenvalue weighted by Gasteiger charge is 2.25. The molecule has 0 radical (unpaired) electrons. The van der Waals surface area contributed by atoms with Crippen molar-refractivity contribution in [3.05, 3.63) is 41.2 Å². The van der Waals surface area contributed by atoms with Gasteiger partial charge in [-0.2, -0.15) is 15.6 Å². The number of halogens is 1. The zero-order valence-corrected chi connectivity index (χ0v) is 23.2. The standard InChI is InChI=1S/C22H20ClN7O.C7H12N2/c1-30-18-8-13(23)5-6-15(18)19(29-30)17-11-26-21-20(28-17)16(10-25-21)22(31)27-14-4-2-3-12(7-14)9-24;8-5-6-2-1-3-7(9)4-6/h5-6,8,10-12,14H,2-4,7H2,1H3,(H,25,26)(H,27,31);6-7H,1-4,9H2/t12-,14+;6-,7+/m00/s1. The first-order valence-corrected chi connectivity index (χ1v) is 14.1. The average Bonchev–Trinajstić information content (AvgIpc) is 3.54. The van der Waals surface area contributed by atoms with Gasteiger partial charge >= 0.3 is 0 Å². The van der Waals surface area contributed by atoms with Crippen molar-refractivity contribution in [3.63, 3.8) is 0 Å². The van der Waals surface area contributed by atoms with Gasteiger partial charge < -0.3 is 16.0 Å². The van der Waals surface area contributed by atoms with Crippen molar-refractivity contribution in [1.29, 1.82) is 10.5 Å². The van der Waals surface area contributed by atoms with E-state index >= 15 is 0 Å². The first-order valence-electron chi connectivity index (χ1n) is 13.7. The van der Waals surface area contributed by atoms with Crippen LogP contribution in [0.3, 0.4) is 0 Å².